The molecule has 1 aliphatic heterocycles. The molecule has 1 amide bonds. The van der Waals surface area contributed by atoms with Crippen LogP contribution in [0.1, 0.15) is 58.1 Å². The average molecular weight is 484 g/mol. The van der Waals surface area contributed by atoms with Crippen LogP contribution in [-0.4, -0.2) is 29.3 Å². The number of hydrogen-bond donors (Lipinski definition) is 1. The highest BCUT2D eigenvalue weighted by molar-refractivity contribution is 8.00. The van der Waals surface area contributed by atoms with Gasteiger partial charge >= 0.3 is 0 Å². The van der Waals surface area contributed by atoms with E-state index in [4.69, 9.17) is 0 Å². The number of nitriles is 1. The third-order valence-corrected chi connectivity index (χ3v) is 7.85. The number of thioether (sulfide) groups is 1. The summed E-state index contributed by atoms with van der Waals surface area (Å²) in [6.07, 6.45) is 1.84. The zero-order valence-corrected chi connectivity index (χ0v) is 20.9. The lowest BCUT2D eigenvalue weighted by Gasteiger charge is -2.32. The topological polar surface area (TPSA) is 56.1 Å². The van der Waals surface area contributed by atoms with Crippen LogP contribution in [0.15, 0.2) is 53.4 Å². The van der Waals surface area contributed by atoms with Gasteiger partial charge in [0.1, 0.15) is 11.6 Å². The number of anilines is 1. The second-order valence-corrected chi connectivity index (χ2v) is 11.8. The molecular weight excluding hydrogens is 452 g/mol. The Morgan fingerprint density at radius 2 is 1.71 bits per heavy atom. The fraction of sp³-hybridized carbons (Fsp3) is 0.481. The van der Waals surface area contributed by atoms with Crippen LogP contribution in [0.2, 0.25) is 0 Å². The van der Waals surface area contributed by atoms with E-state index < -0.39 is 17.5 Å². The van der Waals surface area contributed by atoms with Gasteiger partial charge in [-0.3, -0.25) is 4.79 Å². The van der Waals surface area contributed by atoms with Crippen molar-refractivity contribution in [2.45, 2.75) is 80.0 Å². The molecular formula is C27H31F2N3OS. The molecule has 1 heterocycles. The van der Waals surface area contributed by atoms with Crippen molar-refractivity contribution in [3.05, 3.63) is 59.7 Å². The zero-order chi connectivity index (χ0) is 24.7. The number of para-hydroxylation sites is 1. The molecule has 0 spiro atoms. The van der Waals surface area contributed by atoms with Gasteiger partial charge in [-0.25, -0.2) is 8.78 Å². The summed E-state index contributed by atoms with van der Waals surface area (Å²) in [5.41, 5.74) is 1.23. The van der Waals surface area contributed by atoms with Crippen LogP contribution >= 0.6 is 11.8 Å². The Kier molecular flexibility index (Phi) is 6.41. The van der Waals surface area contributed by atoms with Gasteiger partial charge < -0.3 is 10.2 Å². The van der Waals surface area contributed by atoms with E-state index in [0.29, 0.717) is 30.7 Å². The molecule has 1 N–H and O–H groups in total. The molecule has 34 heavy (non-hydrogen) atoms. The van der Waals surface area contributed by atoms with E-state index in [2.05, 4.69) is 43.1 Å². The van der Waals surface area contributed by atoms with E-state index in [1.165, 1.54) is 17.8 Å². The summed E-state index contributed by atoms with van der Waals surface area (Å²) in [5, 5.41) is 12.4. The highest BCUT2D eigenvalue weighted by Gasteiger charge is 2.48. The molecule has 4 rings (SSSR count). The fourth-order valence-electron chi connectivity index (χ4n) is 4.58. The Bertz CT molecular complexity index is 1110. The van der Waals surface area contributed by atoms with E-state index in [9.17, 15) is 18.8 Å². The Hall–Kier alpha value is -2.59. The largest absolute Gasteiger partial charge is 0.358 e. The lowest BCUT2D eigenvalue weighted by Crippen LogP contribution is -2.48. The van der Waals surface area contributed by atoms with Crippen LogP contribution in [0.25, 0.3) is 0 Å². The van der Waals surface area contributed by atoms with Gasteiger partial charge in [-0.05, 0) is 42.4 Å². The number of alkyl halides is 2. The normalized spacial score (nSPS) is 21.7. The number of carbonyl (C=O) groups excluding carboxylic acids is 1. The van der Waals surface area contributed by atoms with Crippen LogP contribution in [0, 0.1) is 11.3 Å². The number of halogens is 2. The van der Waals surface area contributed by atoms with E-state index in [0.717, 1.165) is 18.2 Å². The van der Waals surface area contributed by atoms with E-state index in [1.807, 2.05) is 18.2 Å². The lowest BCUT2D eigenvalue weighted by atomic mass is 9.85. The van der Waals surface area contributed by atoms with E-state index in [1.54, 1.807) is 18.2 Å². The van der Waals surface area contributed by atoms with Crippen LogP contribution in [-0.2, 0) is 16.1 Å². The van der Waals surface area contributed by atoms with Crippen LogP contribution in [0.5, 0.6) is 0 Å². The van der Waals surface area contributed by atoms with Gasteiger partial charge in [0.2, 0.25) is 5.91 Å². The summed E-state index contributed by atoms with van der Waals surface area (Å²) in [7, 11) is 0. The number of carbonyl (C=O) groups is 1. The van der Waals surface area contributed by atoms with Gasteiger partial charge in [-0.2, -0.15) is 5.26 Å². The predicted molar refractivity (Wildman–Crippen MR) is 132 cm³/mol. The molecule has 1 saturated carbocycles. The van der Waals surface area contributed by atoms with Crippen molar-refractivity contribution in [1.29, 1.82) is 5.26 Å². The minimum atomic E-state index is -2.94. The Labute approximate surface area is 204 Å². The molecule has 1 saturated heterocycles. The van der Waals surface area contributed by atoms with Crippen molar-refractivity contribution >= 4 is 23.4 Å². The third-order valence-electron chi connectivity index (χ3n) is 6.57. The van der Waals surface area contributed by atoms with Crippen molar-refractivity contribution in [2.75, 3.05) is 11.4 Å². The summed E-state index contributed by atoms with van der Waals surface area (Å²) in [4.78, 5) is 16.0. The summed E-state index contributed by atoms with van der Waals surface area (Å²) in [6, 6.07) is 16.4. The molecule has 2 unspecified atom stereocenters. The molecule has 1 aliphatic carbocycles. The van der Waals surface area contributed by atoms with Gasteiger partial charge in [0.25, 0.3) is 5.92 Å². The quantitative estimate of drug-likeness (QED) is 0.547. The van der Waals surface area contributed by atoms with Crippen LogP contribution < -0.4 is 10.2 Å². The number of nitrogens with one attached hydrogen (secondary N) is 1. The first kappa shape index (κ1) is 24.5. The Morgan fingerprint density at radius 3 is 2.29 bits per heavy atom. The highest BCUT2D eigenvalue weighted by Crippen LogP contribution is 2.43. The molecule has 0 radical (unpaired) electrons. The zero-order valence-electron chi connectivity index (χ0n) is 20.1. The minimum absolute atomic E-state index is 0.0101. The molecule has 7 heteroatoms. The highest BCUT2D eigenvalue weighted by atomic mass is 32.2. The molecule has 2 aromatic carbocycles. The first-order valence-electron chi connectivity index (χ1n) is 11.7. The van der Waals surface area contributed by atoms with Crippen LogP contribution in [0.3, 0.4) is 0 Å². The van der Waals surface area contributed by atoms with Crippen molar-refractivity contribution in [2.24, 2.45) is 0 Å². The van der Waals surface area contributed by atoms with Gasteiger partial charge in [0.15, 0.2) is 0 Å². The second-order valence-electron chi connectivity index (χ2n) is 10.5. The third kappa shape index (κ3) is 5.07. The molecule has 4 nitrogen and oxygen atoms in total. The van der Waals surface area contributed by atoms with Gasteiger partial charge in [-0.15, -0.1) is 11.8 Å². The average Bonchev–Trinajstić information content (AvgIpc) is 3.42. The molecule has 2 atom stereocenters. The smallest absolute Gasteiger partial charge is 0.271 e. The van der Waals surface area contributed by atoms with E-state index in [-0.39, 0.29) is 22.1 Å². The number of nitrogens with zero attached hydrogens (tertiary/aromatic N) is 2. The fourth-order valence-corrected chi connectivity index (χ4v) is 5.98. The maximum absolute atomic E-state index is 14.2. The molecule has 180 valence electrons. The van der Waals surface area contributed by atoms with Crippen molar-refractivity contribution in [3.63, 3.8) is 0 Å². The van der Waals surface area contributed by atoms with Gasteiger partial charge in [-0.1, -0.05) is 57.2 Å². The first-order valence-corrected chi connectivity index (χ1v) is 12.5. The molecule has 0 bridgehead atoms. The maximum Gasteiger partial charge on any atom is 0.271 e. The molecule has 2 fully saturated rings. The first-order chi connectivity index (χ1) is 15.9. The Balaban J connectivity index is 1.66. The summed E-state index contributed by atoms with van der Waals surface area (Å²) in [6.45, 7) is 7.88. The standard InChI is InChI=1S/C27H31F2N3OS/c1-25(2,3)19-9-5-7-11-21(19)32-16-18(15-22(32)24(33)31-27(17-30)13-14-27)34-23-12-8-6-10-20(23)26(4,28)29/h5-12,18,22H,13-16H2,1-4H3,(H,31,33). The predicted octanol–water partition coefficient (Wildman–Crippen LogP) is 6.01. The minimum Gasteiger partial charge on any atom is -0.358 e. The van der Waals surface area contributed by atoms with Crippen molar-refractivity contribution in [1.82, 2.24) is 5.32 Å². The molecule has 0 aromatic heterocycles. The lowest BCUT2D eigenvalue weighted by molar-refractivity contribution is -0.122. The van der Waals surface area contributed by atoms with E-state index >= 15 is 0 Å². The van der Waals surface area contributed by atoms with Gasteiger partial charge in [0, 0.05) is 34.9 Å². The van der Waals surface area contributed by atoms with Gasteiger partial charge in [0.05, 0.1) is 6.07 Å². The number of amides is 1. The van der Waals surface area contributed by atoms with Crippen LogP contribution in [0.4, 0.5) is 14.5 Å². The number of rotatable bonds is 6. The Morgan fingerprint density at radius 1 is 1.09 bits per heavy atom. The molecule has 2 aromatic rings. The summed E-state index contributed by atoms with van der Waals surface area (Å²) >= 11 is 1.41. The van der Waals surface area contributed by atoms with Crippen molar-refractivity contribution < 1.29 is 13.6 Å². The number of benzene rings is 2. The number of hydrogen-bond acceptors (Lipinski definition) is 4. The second kappa shape index (κ2) is 8.88. The summed E-state index contributed by atoms with van der Waals surface area (Å²) in [5.74, 6) is -3.11. The monoisotopic (exact) mass is 483 g/mol. The van der Waals surface area contributed by atoms with Crippen molar-refractivity contribution in [3.8, 4) is 6.07 Å². The maximum atomic E-state index is 14.2. The summed E-state index contributed by atoms with van der Waals surface area (Å²) < 4.78 is 28.5. The SMILES string of the molecule is CC(C)(C)c1ccccc1N1CC(Sc2ccccc2C(C)(F)F)CC1C(=O)NC1(C#N)CC1. The molecule has 2 aliphatic rings.